The molecule has 0 aliphatic heterocycles. The summed E-state index contributed by atoms with van der Waals surface area (Å²) in [7, 11) is 0. The highest BCUT2D eigenvalue weighted by Crippen LogP contribution is 2.15. The first-order chi connectivity index (χ1) is 9.49. The predicted octanol–water partition coefficient (Wildman–Crippen LogP) is 2.73. The maximum atomic E-state index is 13.5. The van der Waals surface area contributed by atoms with Crippen molar-refractivity contribution in [2.45, 2.75) is 0 Å². The number of carboxylic acids is 1. The third-order valence-electron chi connectivity index (χ3n) is 2.44. The Balaban J connectivity index is 2.84. The number of hydrogen-bond acceptors (Lipinski definition) is 2. The lowest BCUT2D eigenvalue weighted by molar-refractivity contribution is 0.0692. The van der Waals surface area contributed by atoms with Crippen LogP contribution in [0.3, 0.4) is 0 Å². The fourth-order valence-corrected chi connectivity index (χ4v) is 1.52. The molecule has 0 saturated heterocycles. The summed E-state index contributed by atoms with van der Waals surface area (Å²) in [5.41, 5.74) is -0.271. The van der Waals surface area contributed by atoms with E-state index in [9.17, 15) is 14.0 Å². The first kappa shape index (κ1) is 15.4. The van der Waals surface area contributed by atoms with Crippen molar-refractivity contribution in [1.82, 2.24) is 4.90 Å². The monoisotopic (exact) mass is 278 g/mol. The van der Waals surface area contributed by atoms with Crippen molar-refractivity contribution in [3.05, 3.63) is 54.9 Å². The topological polar surface area (TPSA) is 69.6 Å². The second-order valence-corrected chi connectivity index (χ2v) is 3.91. The van der Waals surface area contributed by atoms with E-state index in [4.69, 9.17) is 5.11 Å². The predicted molar refractivity (Wildman–Crippen MR) is 74.3 cm³/mol. The van der Waals surface area contributed by atoms with E-state index in [-0.39, 0.29) is 5.69 Å². The normalized spacial score (nSPS) is 9.65. The Morgan fingerprint density at radius 3 is 2.35 bits per heavy atom. The first-order valence-electron chi connectivity index (χ1n) is 5.80. The SMILES string of the molecule is C=CCN(CC=C)C(=O)Nc1ccc(C(=O)O)c(F)c1. The van der Waals surface area contributed by atoms with Crippen LogP contribution in [0.2, 0.25) is 0 Å². The van der Waals surface area contributed by atoms with Crippen LogP contribution in [0.5, 0.6) is 0 Å². The van der Waals surface area contributed by atoms with Crippen LogP contribution in [0.1, 0.15) is 10.4 Å². The fraction of sp³-hybridized carbons (Fsp3) is 0.143. The first-order valence-corrected chi connectivity index (χ1v) is 5.80. The minimum Gasteiger partial charge on any atom is -0.478 e. The highest BCUT2D eigenvalue weighted by atomic mass is 19.1. The summed E-state index contributed by atoms with van der Waals surface area (Å²) < 4.78 is 13.5. The van der Waals surface area contributed by atoms with Gasteiger partial charge in [0.25, 0.3) is 0 Å². The van der Waals surface area contributed by atoms with E-state index in [0.29, 0.717) is 13.1 Å². The van der Waals surface area contributed by atoms with Gasteiger partial charge in [0.15, 0.2) is 0 Å². The number of nitrogens with one attached hydrogen (secondary N) is 1. The minimum absolute atomic E-state index is 0.177. The van der Waals surface area contributed by atoms with E-state index in [1.165, 1.54) is 11.0 Å². The van der Waals surface area contributed by atoms with Gasteiger partial charge in [-0.25, -0.2) is 14.0 Å². The summed E-state index contributed by atoms with van der Waals surface area (Å²) in [6.07, 6.45) is 3.11. The molecular formula is C14H15FN2O3. The number of carbonyl (C=O) groups is 2. The molecule has 0 fully saturated rings. The standard InChI is InChI=1S/C14H15FN2O3/c1-3-7-17(8-4-2)14(20)16-10-5-6-11(13(18)19)12(15)9-10/h3-6,9H,1-2,7-8H2,(H,16,20)(H,18,19). The van der Waals surface area contributed by atoms with E-state index in [2.05, 4.69) is 18.5 Å². The number of urea groups is 1. The summed E-state index contributed by atoms with van der Waals surface area (Å²) >= 11 is 0. The van der Waals surface area contributed by atoms with Gasteiger partial charge in [-0.05, 0) is 18.2 Å². The number of nitrogens with zero attached hydrogens (tertiary/aromatic N) is 1. The van der Waals surface area contributed by atoms with E-state index in [1.54, 1.807) is 12.2 Å². The molecule has 0 radical (unpaired) electrons. The third-order valence-corrected chi connectivity index (χ3v) is 2.44. The van der Waals surface area contributed by atoms with Crippen LogP contribution >= 0.6 is 0 Å². The van der Waals surface area contributed by atoms with Gasteiger partial charge in [-0.15, -0.1) is 13.2 Å². The Kier molecular flexibility index (Phi) is 5.46. The molecule has 1 aromatic carbocycles. The molecule has 2 N–H and O–H groups in total. The zero-order chi connectivity index (χ0) is 15.1. The highest BCUT2D eigenvalue weighted by molar-refractivity contribution is 5.92. The molecule has 0 saturated carbocycles. The van der Waals surface area contributed by atoms with Gasteiger partial charge >= 0.3 is 12.0 Å². The quantitative estimate of drug-likeness (QED) is 0.786. The molecule has 0 atom stereocenters. The lowest BCUT2D eigenvalue weighted by Gasteiger charge is -2.19. The van der Waals surface area contributed by atoms with Gasteiger partial charge in [0.2, 0.25) is 0 Å². The molecule has 20 heavy (non-hydrogen) atoms. The minimum atomic E-state index is -1.36. The molecule has 0 unspecified atom stereocenters. The number of hydrogen-bond donors (Lipinski definition) is 2. The molecule has 0 aliphatic carbocycles. The summed E-state index contributed by atoms with van der Waals surface area (Å²) in [5, 5.41) is 11.2. The van der Waals surface area contributed by atoms with Crippen LogP contribution in [-0.4, -0.2) is 35.1 Å². The van der Waals surface area contributed by atoms with Crippen LogP contribution in [0, 0.1) is 5.82 Å². The van der Waals surface area contributed by atoms with Gasteiger partial charge in [0.05, 0.1) is 5.56 Å². The summed E-state index contributed by atoms with van der Waals surface area (Å²) in [4.78, 5) is 24.0. The van der Waals surface area contributed by atoms with Gasteiger partial charge < -0.3 is 15.3 Å². The second-order valence-electron chi connectivity index (χ2n) is 3.91. The van der Waals surface area contributed by atoms with Crippen molar-refractivity contribution in [3.8, 4) is 0 Å². The van der Waals surface area contributed by atoms with E-state index >= 15 is 0 Å². The van der Waals surface area contributed by atoms with Crippen molar-refractivity contribution in [2.75, 3.05) is 18.4 Å². The Morgan fingerprint density at radius 1 is 1.30 bits per heavy atom. The second kappa shape index (κ2) is 7.08. The highest BCUT2D eigenvalue weighted by Gasteiger charge is 2.14. The van der Waals surface area contributed by atoms with E-state index in [1.807, 2.05) is 0 Å². The Bertz CT molecular complexity index is 533. The average molecular weight is 278 g/mol. The van der Waals surface area contributed by atoms with Gasteiger partial charge in [0, 0.05) is 18.8 Å². The zero-order valence-corrected chi connectivity index (χ0v) is 10.8. The molecule has 6 heteroatoms. The molecule has 0 bridgehead atoms. The molecule has 1 aromatic rings. The number of carbonyl (C=O) groups excluding carboxylic acids is 1. The Hall–Kier alpha value is -2.63. The number of benzene rings is 1. The number of anilines is 1. The molecule has 0 spiro atoms. The zero-order valence-electron chi connectivity index (χ0n) is 10.8. The number of amides is 2. The summed E-state index contributed by atoms with van der Waals surface area (Å²) in [6.45, 7) is 7.70. The molecule has 1 rings (SSSR count). The fourth-order valence-electron chi connectivity index (χ4n) is 1.52. The molecule has 0 heterocycles. The number of carboxylic acid groups (broad SMARTS) is 1. The van der Waals surface area contributed by atoms with Gasteiger partial charge in [0.1, 0.15) is 5.82 Å². The van der Waals surface area contributed by atoms with Crippen molar-refractivity contribution < 1.29 is 19.1 Å². The Labute approximate surface area is 116 Å². The van der Waals surface area contributed by atoms with Crippen molar-refractivity contribution in [2.24, 2.45) is 0 Å². The van der Waals surface area contributed by atoms with Crippen LogP contribution in [0.4, 0.5) is 14.9 Å². The van der Waals surface area contributed by atoms with E-state index in [0.717, 1.165) is 12.1 Å². The van der Waals surface area contributed by atoms with E-state index < -0.39 is 23.4 Å². The third kappa shape index (κ3) is 3.94. The Morgan fingerprint density at radius 2 is 1.90 bits per heavy atom. The van der Waals surface area contributed by atoms with Crippen molar-refractivity contribution in [3.63, 3.8) is 0 Å². The van der Waals surface area contributed by atoms with Crippen molar-refractivity contribution in [1.29, 1.82) is 0 Å². The molecular weight excluding hydrogens is 263 g/mol. The van der Waals surface area contributed by atoms with Gasteiger partial charge in [-0.2, -0.15) is 0 Å². The smallest absolute Gasteiger partial charge is 0.338 e. The van der Waals surface area contributed by atoms with Gasteiger partial charge in [-0.1, -0.05) is 12.2 Å². The lowest BCUT2D eigenvalue weighted by Crippen LogP contribution is -2.35. The van der Waals surface area contributed by atoms with Crippen LogP contribution in [0.15, 0.2) is 43.5 Å². The maximum Gasteiger partial charge on any atom is 0.338 e. The average Bonchev–Trinajstić information content (AvgIpc) is 2.38. The molecule has 0 aliphatic rings. The lowest BCUT2D eigenvalue weighted by atomic mass is 10.2. The molecule has 5 nitrogen and oxygen atoms in total. The summed E-state index contributed by atoms with van der Waals surface area (Å²) in [6, 6.07) is 2.93. The number of halogens is 1. The largest absolute Gasteiger partial charge is 0.478 e. The van der Waals surface area contributed by atoms with Crippen LogP contribution in [-0.2, 0) is 0 Å². The van der Waals surface area contributed by atoms with Crippen LogP contribution < -0.4 is 5.32 Å². The number of rotatable bonds is 6. The molecule has 2 amide bonds. The van der Waals surface area contributed by atoms with Crippen LogP contribution in [0.25, 0.3) is 0 Å². The maximum absolute atomic E-state index is 13.5. The molecule has 0 aromatic heterocycles. The molecule has 106 valence electrons. The van der Waals surface area contributed by atoms with Crippen molar-refractivity contribution >= 4 is 17.7 Å². The summed E-state index contributed by atoms with van der Waals surface area (Å²) in [5.74, 6) is -2.27. The number of aromatic carboxylic acids is 1. The van der Waals surface area contributed by atoms with Gasteiger partial charge in [-0.3, -0.25) is 0 Å².